The molecule has 0 nitrogen and oxygen atoms in total. The zero-order valence-electron chi connectivity index (χ0n) is 13.6. The molecule has 0 spiro atoms. The largest absolute Gasteiger partial charge is 0.0776 e. The van der Waals surface area contributed by atoms with Crippen molar-refractivity contribution in [1.82, 2.24) is 0 Å². The molecule has 0 amide bonds. The fourth-order valence-electron chi connectivity index (χ4n) is 7.24. The van der Waals surface area contributed by atoms with Crippen LogP contribution in [0, 0.1) is 47.3 Å². The lowest BCUT2D eigenvalue weighted by atomic mass is 9.48. The predicted octanol–water partition coefficient (Wildman–Crippen LogP) is 6.02. The average molecular weight is 290 g/mol. The van der Waals surface area contributed by atoms with Crippen LogP contribution in [-0.2, 0) is 0 Å². The van der Waals surface area contributed by atoms with Crippen LogP contribution in [0.1, 0.15) is 80.5 Å². The molecule has 6 unspecified atom stereocenters. The molecule has 121 valence electrons. The maximum absolute atomic E-state index is 2.63. The minimum absolute atomic E-state index is 0. The van der Waals surface area contributed by atoms with Crippen LogP contribution in [0.15, 0.2) is 0 Å². The Morgan fingerprint density at radius 3 is 2.05 bits per heavy atom. The Balaban J connectivity index is 0.000000807. The molecule has 8 atom stereocenters. The van der Waals surface area contributed by atoms with E-state index in [1.165, 1.54) is 6.42 Å². The highest BCUT2D eigenvalue weighted by atomic mass is 14.6. The minimum atomic E-state index is 0. The second kappa shape index (κ2) is 6.67. The van der Waals surface area contributed by atoms with E-state index in [0.717, 1.165) is 47.3 Å². The molecule has 4 fully saturated rings. The predicted molar refractivity (Wildman–Crippen MR) is 95.4 cm³/mol. The monoisotopic (exact) mass is 290 g/mol. The first-order valence-corrected chi connectivity index (χ1v) is 9.27. The number of fused-ring (bicyclic) bond motifs is 5. The van der Waals surface area contributed by atoms with Crippen LogP contribution < -0.4 is 0 Å². The molecule has 0 aromatic carbocycles. The molecule has 21 heavy (non-hydrogen) atoms. The third kappa shape index (κ3) is 2.61. The number of hydrogen-bond acceptors (Lipinski definition) is 0. The van der Waals surface area contributed by atoms with Crippen LogP contribution in [0.4, 0.5) is 0 Å². The molecule has 0 aromatic rings. The molecule has 0 saturated heterocycles. The normalized spacial score (nSPS) is 51.7. The van der Waals surface area contributed by atoms with Gasteiger partial charge in [0, 0.05) is 9.84 Å². The molecule has 4 saturated carbocycles. The second-order valence-electron chi connectivity index (χ2n) is 8.50. The average Bonchev–Trinajstić information content (AvgIpc) is 2.92. The lowest BCUT2D eigenvalue weighted by Crippen LogP contribution is -2.50. The van der Waals surface area contributed by atoms with Crippen molar-refractivity contribution >= 4 is 8.41 Å². The van der Waals surface area contributed by atoms with E-state index in [1.807, 2.05) is 0 Å². The molecule has 4 rings (SSSR count). The summed E-state index contributed by atoms with van der Waals surface area (Å²) in [6.45, 7) is 5.25. The van der Waals surface area contributed by atoms with Crippen molar-refractivity contribution in [1.29, 1.82) is 0 Å². The quantitative estimate of drug-likeness (QED) is 0.478. The van der Waals surface area contributed by atoms with Gasteiger partial charge in [-0.3, -0.25) is 0 Å². The number of hydrogen-bond donors (Lipinski definition) is 0. The molecular formula is C20H38B. The summed E-state index contributed by atoms with van der Waals surface area (Å²) in [5.74, 6) is 8.80. The van der Waals surface area contributed by atoms with E-state index < -0.39 is 0 Å². The lowest BCUT2D eigenvalue weighted by Gasteiger charge is -2.57. The van der Waals surface area contributed by atoms with Crippen LogP contribution in [0.3, 0.4) is 0 Å². The Morgan fingerprint density at radius 1 is 0.619 bits per heavy atom. The Morgan fingerprint density at radius 2 is 1.29 bits per heavy atom. The van der Waals surface area contributed by atoms with Gasteiger partial charge in [-0.25, -0.2) is 0 Å². The van der Waals surface area contributed by atoms with E-state index in [4.69, 9.17) is 0 Å². The van der Waals surface area contributed by atoms with Crippen molar-refractivity contribution in [2.45, 2.75) is 79.1 Å². The Kier molecular flexibility index (Phi) is 5.53. The van der Waals surface area contributed by atoms with Crippen LogP contribution in [-0.4, -0.2) is 8.41 Å². The zero-order chi connectivity index (χ0) is 13.0. The summed E-state index contributed by atoms with van der Waals surface area (Å²) in [5, 5.41) is 0. The maximum atomic E-state index is 2.63. The van der Waals surface area contributed by atoms with E-state index in [1.54, 1.807) is 51.4 Å². The molecule has 4 aliphatic carbocycles. The molecule has 0 N–H and O–H groups in total. The van der Waals surface area contributed by atoms with E-state index in [9.17, 15) is 0 Å². The van der Waals surface area contributed by atoms with E-state index in [-0.39, 0.29) is 17.3 Å². The summed E-state index contributed by atoms with van der Waals surface area (Å²) in [4.78, 5) is 0. The third-order valence-electron chi connectivity index (χ3n) is 8.11. The SMILES string of the molecule is C.C[C@@H]1C2CCCCC2C2CCC3CCCC3C2[C@H]1C.[2HH].[B]. The van der Waals surface area contributed by atoms with Gasteiger partial charge < -0.3 is 0 Å². The molecule has 0 heterocycles. The van der Waals surface area contributed by atoms with Gasteiger partial charge in [0.2, 0.25) is 0 Å². The highest BCUT2D eigenvalue weighted by molar-refractivity contribution is 5.75. The van der Waals surface area contributed by atoms with Gasteiger partial charge in [0.05, 0.1) is 0 Å². The van der Waals surface area contributed by atoms with Crippen LogP contribution >= 0.6 is 0 Å². The highest BCUT2D eigenvalue weighted by Crippen LogP contribution is 2.61. The summed E-state index contributed by atoms with van der Waals surface area (Å²) in [6, 6.07) is 0. The van der Waals surface area contributed by atoms with Gasteiger partial charge in [-0.05, 0) is 79.4 Å². The fraction of sp³-hybridized carbons (Fsp3) is 1.00. The molecule has 4 aliphatic rings. The van der Waals surface area contributed by atoms with Gasteiger partial charge in [0.15, 0.2) is 0 Å². The van der Waals surface area contributed by atoms with E-state index >= 15 is 0 Å². The van der Waals surface area contributed by atoms with Gasteiger partial charge in [-0.1, -0.05) is 47.0 Å². The van der Waals surface area contributed by atoms with Gasteiger partial charge in [-0.2, -0.15) is 0 Å². The number of rotatable bonds is 0. The van der Waals surface area contributed by atoms with Crippen LogP contribution in [0.2, 0.25) is 0 Å². The van der Waals surface area contributed by atoms with Gasteiger partial charge in [-0.15, -0.1) is 0 Å². The fourth-order valence-corrected chi connectivity index (χ4v) is 7.24. The van der Waals surface area contributed by atoms with Crippen molar-refractivity contribution in [3.05, 3.63) is 0 Å². The highest BCUT2D eigenvalue weighted by Gasteiger charge is 2.53. The first kappa shape index (κ1) is 17.4. The molecule has 0 aromatic heterocycles. The van der Waals surface area contributed by atoms with Gasteiger partial charge in [0.25, 0.3) is 0 Å². The third-order valence-corrected chi connectivity index (χ3v) is 8.11. The van der Waals surface area contributed by atoms with Gasteiger partial charge in [0.1, 0.15) is 0 Å². The van der Waals surface area contributed by atoms with Crippen molar-refractivity contribution in [2.75, 3.05) is 0 Å². The molecule has 0 aliphatic heterocycles. The summed E-state index contributed by atoms with van der Waals surface area (Å²) < 4.78 is 0. The zero-order valence-corrected chi connectivity index (χ0v) is 13.6. The van der Waals surface area contributed by atoms with E-state index in [2.05, 4.69) is 13.8 Å². The topological polar surface area (TPSA) is 0 Å². The van der Waals surface area contributed by atoms with E-state index in [0.29, 0.717) is 0 Å². The van der Waals surface area contributed by atoms with Crippen LogP contribution in [0.5, 0.6) is 0 Å². The smallest absolute Gasteiger partial charge is 0 e. The Hall–Kier alpha value is 0.0649. The summed E-state index contributed by atoms with van der Waals surface area (Å²) in [6.07, 6.45) is 14.1. The molecular weight excluding hydrogens is 251 g/mol. The van der Waals surface area contributed by atoms with Crippen molar-refractivity contribution in [3.63, 3.8) is 0 Å². The Bertz CT molecular complexity index is 345. The first-order valence-electron chi connectivity index (χ1n) is 9.27. The Labute approximate surface area is 136 Å². The lowest BCUT2D eigenvalue weighted by molar-refractivity contribution is -0.0844. The first-order chi connectivity index (χ1) is 9.27. The summed E-state index contributed by atoms with van der Waals surface area (Å²) in [7, 11) is 0. The molecule has 1 heteroatoms. The summed E-state index contributed by atoms with van der Waals surface area (Å²) in [5.41, 5.74) is 0. The second-order valence-corrected chi connectivity index (χ2v) is 8.50. The molecule has 3 radical (unpaired) electrons. The van der Waals surface area contributed by atoms with Crippen molar-refractivity contribution in [2.24, 2.45) is 47.3 Å². The van der Waals surface area contributed by atoms with Gasteiger partial charge >= 0.3 is 0 Å². The summed E-state index contributed by atoms with van der Waals surface area (Å²) >= 11 is 0. The van der Waals surface area contributed by atoms with Crippen molar-refractivity contribution in [3.8, 4) is 0 Å². The van der Waals surface area contributed by atoms with Crippen LogP contribution in [0.25, 0.3) is 0 Å². The molecule has 0 bridgehead atoms. The minimum Gasteiger partial charge on any atom is -0.0776 e. The standard InChI is InChI=1S/C19H32.CH4.B.H2/c1-12-13(2)19-16-9-5-6-14(16)10-11-18(19)17-8-4-3-7-15(12)17;;;/h12-19H,3-11H2,1-2H3;1H4;;1H/t12-,13-,14?,15?,16?,17?,18?,19?;;;/m0.../s1/i;;;1+1. The van der Waals surface area contributed by atoms with Crippen molar-refractivity contribution < 1.29 is 1.43 Å². The maximum Gasteiger partial charge on any atom is 0 e.